The third kappa shape index (κ3) is 1.36. The fraction of sp³-hybridized carbons (Fsp3) is 0.500. The number of nitrogens with zero attached hydrogens (tertiary/aromatic N) is 2. The molecular weight excluding hydrogens is 188 g/mol. The van der Waals surface area contributed by atoms with E-state index in [0.29, 0.717) is 5.15 Å². The van der Waals surface area contributed by atoms with Crippen LogP contribution in [-0.2, 0) is 0 Å². The second-order valence-corrected chi connectivity index (χ2v) is 3.54. The number of aromatic nitrogens is 2. The van der Waals surface area contributed by atoms with Gasteiger partial charge in [0.25, 0.3) is 0 Å². The third-order valence-corrected chi connectivity index (χ3v) is 2.53. The Morgan fingerprint density at radius 2 is 2.54 bits per heavy atom. The summed E-state index contributed by atoms with van der Waals surface area (Å²) >= 11 is 5.80. The molecule has 0 amide bonds. The molecule has 2 unspecified atom stereocenters. The number of rotatable bonds is 1. The predicted molar refractivity (Wildman–Crippen MR) is 49.8 cm³/mol. The Labute approximate surface area is 81.7 Å². The van der Waals surface area contributed by atoms with Crippen molar-refractivity contribution in [2.75, 3.05) is 5.43 Å². The van der Waals surface area contributed by atoms with Crippen LogP contribution >= 0.6 is 11.6 Å². The van der Waals surface area contributed by atoms with Gasteiger partial charge in [-0.3, -0.25) is 0 Å². The van der Waals surface area contributed by atoms with Gasteiger partial charge in [-0.2, -0.15) is 0 Å². The SMILES string of the molecule is CCC1c2nc(Cl)cc[n+]2NC1N. The van der Waals surface area contributed by atoms with E-state index in [1.54, 1.807) is 6.07 Å². The largest absolute Gasteiger partial charge is 0.329 e. The fourth-order valence-corrected chi connectivity index (χ4v) is 1.77. The van der Waals surface area contributed by atoms with Gasteiger partial charge < -0.3 is 5.73 Å². The van der Waals surface area contributed by atoms with Crippen molar-refractivity contribution >= 4 is 11.6 Å². The molecule has 4 nitrogen and oxygen atoms in total. The van der Waals surface area contributed by atoms with Crippen molar-refractivity contribution < 1.29 is 4.68 Å². The van der Waals surface area contributed by atoms with Crippen LogP contribution in [0.2, 0.25) is 5.15 Å². The lowest BCUT2D eigenvalue weighted by Crippen LogP contribution is -2.48. The Morgan fingerprint density at radius 1 is 1.77 bits per heavy atom. The van der Waals surface area contributed by atoms with Gasteiger partial charge in [-0.1, -0.05) is 6.92 Å². The molecule has 70 valence electrons. The smallest absolute Gasteiger partial charge is 0.308 e. The lowest BCUT2D eigenvalue weighted by Gasteiger charge is -2.05. The van der Waals surface area contributed by atoms with E-state index in [9.17, 15) is 0 Å². The maximum absolute atomic E-state index is 5.87. The van der Waals surface area contributed by atoms with Crippen molar-refractivity contribution in [3.63, 3.8) is 0 Å². The summed E-state index contributed by atoms with van der Waals surface area (Å²) in [5.41, 5.74) is 8.97. The maximum Gasteiger partial charge on any atom is 0.329 e. The lowest BCUT2D eigenvalue weighted by molar-refractivity contribution is -0.651. The average Bonchev–Trinajstić information content (AvgIpc) is 2.40. The van der Waals surface area contributed by atoms with Crippen LogP contribution in [0.3, 0.4) is 0 Å². The molecule has 2 rings (SSSR count). The summed E-state index contributed by atoms with van der Waals surface area (Å²) in [6, 6.07) is 1.74. The van der Waals surface area contributed by atoms with Crippen LogP contribution in [0.5, 0.6) is 0 Å². The first-order valence-corrected chi connectivity index (χ1v) is 4.70. The predicted octanol–water partition coefficient (Wildman–Crippen LogP) is 0.358. The molecule has 0 saturated carbocycles. The molecule has 0 radical (unpaired) electrons. The second kappa shape index (κ2) is 3.12. The molecule has 0 aliphatic carbocycles. The summed E-state index contributed by atoms with van der Waals surface area (Å²) in [5, 5.41) is 0.514. The van der Waals surface area contributed by atoms with E-state index in [0.717, 1.165) is 12.2 Å². The zero-order valence-corrected chi connectivity index (χ0v) is 8.12. The topological polar surface area (TPSA) is 54.8 Å². The molecule has 1 aromatic heterocycles. The first kappa shape index (κ1) is 8.72. The molecule has 0 aromatic carbocycles. The van der Waals surface area contributed by atoms with Gasteiger partial charge in [0.05, 0.1) is 0 Å². The maximum atomic E-state index is 5.87. The highest BCUT2D eigenvalue weighted by atomic mass is 35.5. The summed E-state index contributed by atoms with van der Waals surface area (Å²) in [6.45, 7) is 2.09. The van der Waals surface area contributed by atoms with Gasteiger partial charge in [0.15, 0.2) is 0 Å². The van der Waals surface area contributed by atoms with Gasteiger partial charge in [0.2, 0.25) is 5.15 Å². The normalized spacial score (nSPS) is 25.5. The van der Waals surface area contributed by atoms with Crippen LogP contribution in [-0.4, -0.2) is 11.1 Å². The van der Waals surface area contributed by atoms with E-state index in [1.807, 2.05) is 10.9 Å². The highest BCUT2D eigenvalue weighted by molar-refractivity contribution is 6.29. The van der Waals surface area contributed by atoms with Gasteiger partial charge >= 0.3 is 5.82 Å². The molecule has 0 bridgehead atoms. The molecule has 1 aliphatic heterocycles. The summed E-state index contributed by atoms with van der Waals surface area (Å²) in [4.78, 5) is 4.24. The van der Waals surface area contributed by atoms with Crippen molar-refractivity contribution in [2.24, 2.45) is 5.73 Å². The second-order valence-electron chi connectivity index (χ2n) is 3.15. The van der Waals surface area contributed by atoms with Crippen molar-refractivity contribution in [3.8, 4) is 0 Å². The molecule has 0 fully saturated rings. The molecule has 3 N–H and O–H groups in total. The van der Waals surface area contributed by atoms with Gasteiger partial charge in [-0.15, -0.1) is 4.68 Å². The van der Waals surface area contributed by atoms with Gasteiger partial charge in [-0.25, -0.2) is 5.43 Å². The zero-order chi connectivity index (χ0) is 9.42. The minimum atomic E-state index is -0.0593. The standard InChI is InChI=1S/C8H12ClN4/c1-2-5-7(10)12-13-4-3-6(9)11-8(5)13/h3-5,7,12H,2,10H2,1H3/q+1. The number of halogens is 1. The lowest BCUT2D eigenvalue weighted by atomic mass is 10.0. The summed E-state index contributed by atoms with van der Waals surface area (Å²) < 4.78 is 1.84. The molecule has 1 aromatic rings. The Morgan fingerprint density at radius 3 is 3.23 bits per heavy atom. The molecular formula is C8H12ClN4+. The molecule has 1 aliphatic rings. The Kier molecular flexibility index (Phi) is 2.09. The van der Waals surface area contributed by atoms with Gasteiger partial charge in [0, 0.05) is 6.07 Å². The first-order valence-electron chi connectivity index (χ1n) is 4.32. The molecule has 0 spiro atoms. The Bertz CT molecular complexity index is 328. The summed E-state index contributed by atoms with van der Waals surface area (Å²) in [6.07, 6.45) is 2.75. The quantitative estimate of drug-likeness (QED) is 0.507. The van der Waals surface area contributed by atoms with E-state index < -0.39 is 0 Å². The van der Waals surface area contributed by atoms with Crippen LogP contribution < -0.4 is 15.8 Å². The fourth-order valence-electron chi connectivity index (χ4n) is 1.63. The molecule has 2 atom stereocenters. The molecule has 13 heavy (non-hydrogen) atoms. The van der Waals surface area contributed by atoms with Crippen molar-refractivity contribution in [1.82, 2.24) is 4.98 Å². The molecule has 2 heterocycles. The van der Waals surface area contributed by atoms with Crippen LogP contribution in [0, 0.1) is 0 Å². The van der Waals surface area contributed by atoms with Gasteiger partial charge in [0.1, 0.15) is 18.3 Å². The van der Waals surface area contributed by atoms with E-state index in [-0.39, 0.29) is 12.1 Å². The average molecular weight is 200 g/mol. The minimum absolute atomic E-state index is 0.0593. The Hall–Kier alpha value is -0.870. The highest BCUT2D eigenvalue weighted by Crippen LogP contribution is 2.21. The molecule has 5 heteroatoms. The summed E-state index contributed by atoms with van der Waals surface area (Å²) in [7, 11) is 0. The van der Waals surface area contributed by atoms with Crippen molar-refractivity contribution in [1.29, 1.82) is 0 Å². The van der Waals surface area contributed by atoms with E-state index in [4.69, 9.17) is 17.3 Å². The third-order valence-electron chi connectivity index (χ3n) is 2.32. The minimum Gasteiger partial charge on any atom is -0.308 e. The Balaban J connectivity index is 2.44. The number of hydrogen-bond acceptors (Lipinski definition) is 3. The number of fused-ring (bicyclic) bond motifs is 1. The number of hydrogen-bond donors (Lipinski definition) is 2. The van der Waals surface area contributed by atoms with Crippen LogP contribution in [0.25, 0.3) is 0 Å². The zero-order valence-electron chi connectivity index (χ0n) is 7.37. The van der Waals surface area contributed by atoms with Crippen LogP contribution in [0.1, 0.15) is 25.1 Å². The monoisotopic (exact) mass is 199 g/mol. The van der Waals surface area contributed by atoms with E-state index >= 15 is 0 Å². The summed E-state index contributed by atoms with van der Waals surface area (Å²) in [5.74, 6) is 1.17. The van der Waals surface area contributed by atoms with Crippen LogP contribution in [0.15, 0.2) is 12.3 Å². The first-order chi connectivity index (χ1) is 6.22. The number of nitrogens with one attached hydrogen (secondary N) is 1. The molecule has 0 saturated heterocycles. The highest BCUT2D eigenvalue weighted by Gasteiger charge is 2.37. The van der Waals surface area contributed by atoms with Crippen LogP contribution in [0.4, 0.5) is 0 Å². The van der Waals surface area contributed by atoms with E-state index in [2.05, 4.69) is 17.3 Å². The number of nitrogens with two attached hydrogens (primary N) is 1. The van der Waals surface area contributed by atoms with Crippen molar-refractivity contribution in [3.05, 3.63) is 23.2 Å². The van der Waals surface area contributed by atoms with E-state index in [1.165, 1.54) is 0 Å². The van der Waals surface area contributed by atoms with Gasteiger partial charge in [-0.05, 0) is 23.0 Å². The van der Waals surface area contributed by atoms with Crippen molar-refractivity contribution in [2.45, 2.75) is 25.4 Å².